The summed E-state index contributed by atoms with van der Waals surface area (Å²) < 4.78 is 2.08. The lowest BCUT2D eigenvalue weighted by molar-refractivity contribution is -0.133. The largest absolute Gasteiger partial charge is 0.481 e. The van der Waals surface area contributed by atoms with Crippen LogP contribution in [0.25, 0.3) is 0 Å². The maximum Gasteiger partial charge on any atom is 0.313 e. The van der Waals surface area contributed by atoms with E-state index in [-0.39, 0.29) is 5.75 Å². The molecule has 6 nitrogen and oxygen atoms in total. The Morgan fingerprint density at radius 2 is 2.10 bits per heavy atom. The highest BCUT2D eigenvalue weighted by molar-refractivity contribution is 7.99. The van der Waals surface area contributed by atoms with Gasteiger partial charge in [-0.1, -0.05) is 18.7 Å². The molecule has 0 aliphatic carbocycles. The number of thioether (sulfide) groups is 1. The predicted octanol–water partition coefficient (Wildman–Crippen LogP) is 1.75. The number of hydrogen-bond donors (Lipinski definition) is 1. The second kappa shape index (κ2) is 8.97. The second-order valence-electron chi connectivity index (χ2n) is 4.99. The van der Waals surface area contributed by atoms with Crippen LogP contribution in [0, 0.1) is 0 Å². The summed E-state index contributed by atoms with van der Waals surface area (Å²) in [6, 6.07) is 0. The summed E-state index contributed by atoms with van der Waals surface area (Å²) in [5.74, 6) is 0.168. The van der Waals surface area contributed by atoms with Gasteiger partial charge in [-0.2, -0.15) is 0 Å². The SMILES string of the molecule is CCCc1nnc(SCC(=O)O)n1CCCCN(C)C. The van der Waals surface area contributed by atoms with Gasteiger partial charge in [0.2, 0.25) is 0 Å². The van der Waals surface area contributed by atoms with Gasteiger partial charge in [0.25, 0.3) is 0 Å². The fourth-order valence-electron chi connectivity index (χ4n) is 1.88. The van der Waals surface area contributed by atoms with Crippen LogP contribution >= 0.6 is 11.8 Å². The Morgan fingerprint density at radius 3 is 2.70 bits per heavy atom. The van der Waals surface area contributed by atoms with E-state index in [1.54, 1.807) is 0 Å². The molecule has 0 aromatic carbocycles. The van der Waals surface area contributed by atoms with Gasteiger partial charge in [0.15, 0.2) is 5.16 Å². The molecule has 0 fully saturated rings. The smallest absolute Gasteiger partial charge is 0.313 e. The third-order valence-electron chi connectivity index (χ3n) is 2.83. The first-order chi connectivity index (χ1) is 9.54. The highest BCUT2D eigenvalue weighted by Gasteiger charge is 2.13. The molecule has 0 bridgehead atoms. The minimum Gasteiger partial charge on any atom is -0.481 e. The van der Waals surface area contributed by atoms with Crippen molar-refractivity contribution in [3.05, 3.63) is 5.82 Å². The molecule has 0 amide bonds. The number of carboxylic acid groups (broad SMARTS) is 1. The van der Waals surface area contributed by atoms with Crippen LogP contribution in [0.5, 0.6) is 0 Å². The van der Waals surface area contributed by atoms with Crippen LogP contribution in [0.15, 0.2) is 5.16 Å². The minimum absolute atomic E-state index is 0.0297. The molecule has 0 saturated heterocycles. The Morgan fingerprint density at radius 1 is 1.35 bits per heavy atom. The van der Waals surface area contributed by atoms with Crippen molar-refractivity contribution in [2.24, 2.45) is 0 Å². The van der Waals surface area contributed by atoms with E-state index in [1.807, 2.05) is 0 Å². The molecule has 1 aromatic heterocycles. The van der Waals surface area contributed by atoms with Crippen molar-refractivity contribution in [3.63, 3.8) is 0 Å². The Kier molecular flexibility index (Phi) is 7.61. The molecule has 7 heteroatoms. The number of aryl methyl sites for hydroxylation is 1. The third-order valence-corrected chi connectivity index (χ3v) is 3.78. The lowest BCUT2D eigenvalue weighted by atomic mass is 10.3. The van der Waals surface area contributed by atoms with Crippen molar-refractivity contribution < 1.29 is 9.90 Å². The lowest BCUT2D eigenvalue weighted by Gasteiger charge is -2.11. The molecule has 0 radical (unpaired) electrons. The lowest BCUT2D eigenvalue weighted by Crippen LogP contribution is -2.14. The van der Waals surface area contributed by atoms with Crippen molar-refractivity contribution in [1.82, 2.24) is 19.7 Å². The number of nitrogens with zero attached hydrogens (tertiary/aromatic N) is 4. The van der Waals surface area contributed by atoms with Gasteiger partial charge in [-0.3, -0.25) is 4.79 Å². The summed E-state index contributed by atoms with van der Waals surface area (Å²) in [5, 5.41) is 17.8. The number of aromatic nitrogens is 3. The zero-order valence-electron chi connectivity index (χ0n) is 12.5. The van der Waals surface area contributed by atoms with E-state index in [9.17, 15) is 4.79 Å². The number of hydrogen-bond acceptors (Lipinski definition) is 5. The van der Waals surface area contributed by atoms with E-state index in [0.29, 0.717) is 0 Å². The number of carboxylic acids is 1. The highest BCUT2D eigenvalue weighted by Crippen LogP contribution is 2.18. The van der Waals surface area contributed by atoms with Gasteiger partial charge < -0.3 is 14.6 Å². The van der Waals surface area contributed by atoms with Crippen LogP contribution in [0.3, 0.4) is 0 Å². The van der Waals surface area contributed by atoms with Crippen molar-refractivity contribution in [3.8, 4) is 0 Å². The van der Waals surface area contributed by atoms with Crippen molar-refractivity contribution in [2.45, 2.75) is 44.3 Å². The zero-order valence-corrected chi connectivity index (χ0v) is 13.3. The molecule has 0 aliphatic rings. The van der Waals surface area contributed by atoms with E-state index < -0.39 is 5.97 Å². The summed E-state index contributed by atoms with van der Waals surface area (Å²) in [4.78, 5) is 12.8. The average molecular weight is 300 g/mol. The Balaban J connectivity index is 2.62. The number of carbonyl (C=O) groups is 1. The molecule has 1 N–H and O–H groups in total. The predicted molar refractivity (Wildman–Crippen MR) is 80.2 cm³/mol. The molecular weight excluding hydrogens is 276 g/mol. The summed E-state index contributed by atoms with van der Waals surface area (Å²) in [6.07, 6.45) is 4.06. The van der Waals surface area contributed by atoms with Gasteiger partial charge in [0, 0.05) is 13.0 Å². The summed E-state index contributed by atoms with van der Waals surface area (Å²) >= 11 is 1.25. The van der Waals surface area contributed by atoms with Crippen LogP contribution in [0.4, 0.5) is 0 Å². The summed E-state index contributed by atoms with van der Waals surface area (Å²) in [5.41, 5.74) is 0. The molecule has 0 aliphatic heterocycles. The first-order valence-electron chi connectivity index (χ1n) is 6.96. The third kappa shape index (κ3) is 5.92. The topological polar surface area (TPSA) is 71.2 Å². The normalized spacial score (nSPS) is 11.2. The Hall–Kier alpha value is -1.08. The fraction of sp³-hybridized carbons (Fsp3) is 0.769. The highest BCUT2D eigenvalue weighted by atomic mass is 32.2. The van der Waals surface area contributed by atoms with Gasteiger partial charge >= 0.3 is 5.97 Å². The molecule has 20 heavy (non-hydrogen) atoms. The number of unbranched alkanes of at least 4 members (excludes halogenated alkanes) is 1. The maximum atomic E-state index is 10.7. The monoisotopic (exact) mass is 300 g/mol. The van der Waals surface area contributed by atoms with Gasteiger partial charge in [-0.05, 0) is 39.9 Å². The van der Waals surface area contributed by atoms with Gasteiger partial charge in [0.1, 0.15) is 5.82 Å². The van der Waals surface area contributed by atoms with Crippen molar-refractivity contribution in [1.29, 1.82) is 0 Å². The molecule has 0 saturated carbocycles. The molecular formula is C13H24N4O2S. The zero-order chi connectivity index (χ0) is 15.0. The molecule has 1 heterocycles. The van der Waals surface area contributed by atoms with Crippen LogP contribution in [-0.4, -0.2) is 57.1 Å². The minimum atomic E-state index is -0.825. The Labute approximate surface area is 124 Å². The second-order valence-corrected chi connectivity index (χ2v) is 5.94. The standard InChI is InChI=1S/C13H24N4O2S/c1-4-7-11-14-15-13(20-10-12(18)19)17(11)9-6-5-8-16(2)3/h4-10H2,1-3H3,(H,18,19). The van der Waals surface area contributed by atoms with Crippen LogP contribution in [0.1, 0.15) is 32.0 Å². The van der Waals surface area contributed by atoms with E-state index in [2.05, 4.69) is 40.7 Å². The molecule has 1 aromatic rings. The summed E-state index contributed by atoms with van der Waals surface area (Å²) in [7, 11) is 4.13. The van der Waals surface area contributed by atoms with E-state index in [0.717, 1.165) is 49.8 Å². The van der Waals surface area contributed by atoms with Crippen LogP contribution in [0.2, 0.25) is 0 Å². The average Bonchev–Trinajstić information content (AvgIpc) is 2.75. The van der Waals surface area contributed by atoms with Gasteiger partial charge in [0.05, 0.1) is 5.75 Å². The maximum absolute atomic E-state index is 10.7. The van der Waals surface area contributed by atoms with Gasteiger partial charge in [-0.15, -0.1) is 10.2 Å². The van der Waals surface area contributed by atoms with Crippen molar-refractivity contribution in [2.75, 3.05) is 26.4 Å². The van der Waals surface area contributed by atoms with Crippen LogP contribution < -0.4 is 0 Å². The summed E-state index contributed by atoms with van der Waals surface area (Å²) in [6.45, 7) is 4.02. The van der Waals surface area contributed by atoms with Gasteiger partial charge in [-0.25, -0.2) is 0 Å². The quantitative estimate of drug-likeness (QED) is 0.524. The molecule has 1 rings (SSSR count). The fourth-order valence-corrected chi connectivity index (χ4v) is 2.59. The molecule has 0 atom stereocenters. The van der Waals surface area contributed by atoms with E-state index in [1.165, 1.54) is 11.8 Å². The molecule has 0 unspecified atom stereocenters. The van der Waals surface area contributed by atoms with Crippen LogP contribution in [-0.2, 0) is 17.8 Å². The van der Waals surface area contributed by atoms with E-state index >= 15 is 0 Å². The molecule has 0 spiro atoms. The number of rotatable bonds is 10. The first kappa shape index (κ1) is 17.0. The molecule has 114 valence electrons. The number of aliphatic carboxylic acids is 1. The Bertz CT molecular complexity index is 421. The van der Waals surface area contributed by atoms with Crippen molar-refractivity contribution >= 4 is 17.7 Å². The van der Waals surface area contributed by atoms with E-state index in [4.69, 9.17) is 5.11 Å². The first-order valence-corrected chi connectivity index (χ1v) is 7.94.